The van der Waals surface area contributed by atoms with Gasteiger partial charge in [0.15, 0.2) is 18.0 Å². The molecule has 5 rings (SSSR count). The van der Waals surface area contributed by atoms with Crippen molar-refractivity contribution in [2.24, 2.45) is 0 Å². The molecule has 4 aromatic rings. The first-order chi connectivity index (χ1) is 17.7. The molecule has 1 atom stereocenters. The van der Waals surface area contributed by atoms with Gasteiger partial charge < -0.3 is 18.6 Å². The fourth-order valence-corrected chi connectivity index (χ4v) is 4.92. The Morgan fingerprint density at radius 3 is 2.39 bits per heavy atom. The molecule has 3 aromatic carbocycles. The molecule has 184 valence electrons. The smallest absolute Gasteiger partial charge is 0.344 e. The molecule has 0 saturated heterocycles. The number of hydrogen-bond donors (Lipinski definition) is 0. The van der Waals surface area contributed by atoms with Crippen LogP contribution in [-0.4, -0.2) is 31.3 Å². The van der Waals surface area contributed by atoms with E-state index in [4.69, 9.17) is 23.6 Å². The second-order valence-corrected chi connectivity index (χ2v) is 8.69. The number of benzene rings is 3. The van der Waals surface area contributed by atoms with Crippen LogP contribution in [0.25, 0.3) is 22.6 Å². The Labute approximate surface area is 210 Å². The van der Waals surface area contributed by atoms with Gasteiger partial charge in [0, 0.05) is 23.8 Å². The molecule has 0 radical (unpaired) electrons. The van der Waals surface area contributed by atoms with Crippen molar-refractivity contribution in [2.75, 3.05) is 20.3 Å². The maximum Gasteiger partial charge on any atom is 0.344 e. The van der Waals surface area contributed by atoms with E-state index in [1.165, 1.54) is 0 Å². The first kappa shape index (κ1) is 23.8. The maximum atomic E-state index is 11.9. The summed E-state index contributed by atoms with van der Waals surface area (Å²) in [5.41, 5.74) is 3.75. The van der Waals surface area contributed by atoms with Crippen molar-refractivity contribution < 1.29 is 23.4 Å². The van der Waals surface area contributed by atoms with Crippen molar-refractivity contribution >= 4 is 5.97 Å². The van der Waals surface area contributed by atoms with E-state index >= 15 is 0 Å². The third-order valence-electron chi connectivity index (χ3n) is 6.58. The van der Waals surface area contributed by atoms with Crippen LogP contribution in [0.4, 0.5) is 0 Å². The van der Waals surface area contributed by atoms with Crippen LogP contribution in [-0.2, 0) is 26.3 Å². The van der Waals surface area contributed by atoms with Crippen LogP contribution in [0.5, 0.6) is 5.75 Å². The third kappa shape index (κ3) is 4.40. The molecule has 1 aliphatic carbocycles. The van der Waals surface area contributed by atoms with Crippen molar-refractivity contribution in [3.8, 4) is 28.3 Å². The number of carbonyl (C=O) groups excluding carboxylic acids is 1. The van der Waals surface area contributed by atoms with E-state index in [1.54, 1.807) is 14.0 Å². The predicted molar refractivity (Wildman–Crippen MR) is 137 cm³/mol. The molecule has 1 heterocycles. The zero-order valence-electron chi connectivity index (χ0n) is 20.5. The second-order valence-electron chi connectivity index (χ2n) is 8.69. The first-order valence-corrected chi connectivity index (χ1v) is 12.2. The highest BCUT2D eigenvalue weighted by atomic mass is 16.6. The maximum absolute atomic E-state index is 11.9. The van der Waals surface area contributed by atoms with Gasteiger partial charge in [0.2, 0.25) is 5.89 Å². The summed E-state index contributed by atoms with van der Waals surface area (Å²) in [6.45, 7) is 1.96. The first-order valence-electron chi connectivity index (χ1n) is 12.2. The summed E-state index contributed by atoms with van der Waals surface area (Å²) in [4.78, 5) is 16.9. The van der Waals surface area contributed by atoms with Gasteiger partial charge in [-0.1, -0.05) is 72.8 Å². The van der Waals surface area contributed by atoms with Crippen molar-refractivity contribution in [1.82, 2.24) is 4.98 Å². The lowest BCUT2D eigenvalue weighted by molar-refractivity contribution is -0.145. The molecule has 0 fully saturated rings. The van der Waals surface area contributed by atoms with E-state index in [1.807, 2.05) is 78.9 Å². The lowest BCUT2D eigenvalue weighted by Gasteiger charge is -2.36. The lowest BCUT2D eigenvalue weighted by Crippen LogP contribution is -2.35. The zero-order valence-corrected chi connectivity index (χ0v) is 20.5. The molecule has 0 N–H and O–H groups in total. The normalized spacial score (nSPS) is 16.8. The molecule has 0 saturated carbocycles. The average Bonchev–Trinajstić information content (AvgIpc) is 3.39. The van der Waals surface area contributed by atoms with Crippen LogP contribution in [0.3, 0.4) is 0 Å². The summed E-state index contributed by atoms with van der Waals surface area (Å²) in [5, 5.41) is 0. The van der Waals surface area contributed by atoms with Crippen LogP contribution in [0.2, 0.25) is 0 Å². The molecular formula is C30H29NO5. The Morgan fingerprint density at radius 2 is 1.69 bits per heavy atom. The molecule has 0 spiro atoms. The summed E-state index contributed by atoms with van der Waals surface area (Å²) < 4.78 is 23.7. The van der Waals surface area contributed by atoms with Gasteiger partial charge in [-0.15, -0.1) is 0 Å². The number of aromatic nitrogens is 1. The van der Waals surface area contributed by atoms with Gasteiger partial charge >= 0.3 is 5.97 Å². The number of oxazole rings is 1. The van der Waals surface area contributed by atoms with E-state index in [0.29, 0.717) is 30.4 Å². The minimum atomic E-state index is -0.882. The number of carbonyl (C=O) groups is 1. The minimum Gasteiger partial charge on any atom is -0.482 e. The molecular weight excluding hydrogens is 454 g/mol. The van der Waals surface area contributed by atoms with E-state index in [0.717, 1.165) is 40.8 Å². The van der Waals surface area contributed by atoms with Crippen LogP contribution in [0, 0.1) is 0 Å². The van der Waals surface area contributed by atoms with Crippen molar-refractivity contribution in [1.29, 1.82) is 0 Å². The monoisotopic (exact) mass is 483 g/mol. The highest BCUT2D eigenvalue weighted by Gasteiger charge is 2.44. The Bertz CT molecular complexity index is 1280. The summed E-state index contributed by atoms with van der Waals surface area (Å²) in [7, 11) is 1.69. The predicted octanol–water partition coefficient (Wildman–Crippen LogP) is 6.18. The third-order valence-corrected chi connectivity index (χ3v) is 6.58. The molecule has 0 aliphatic heterocycles. The highest BCUT2D eigenvalue weighted by molar-refractivity contribution is 5.77. The number of fused-ring (bicyclic) bond motifs is 1. The topological polar surface area (TPSA) is 70.8 Å². The van der Waals surface area contributed by atoms with Crippen molar-refractivity contribution in [3.05, 3.63) is 95.9 Å². The Morgan fingerprint density at radius 1 is 0.972 bits per heavy atom. The number of esters is 1. The van der Waals surface area contributed by atoms with Crippen molar-refractivity contribution in [3.63, 3.8) is 0 Å². The van der Waals surface area contributed by atoms with Gasteiger partial charge in [0.25, 0.3) is 0 Å². The molecule has 6 nitrogen and oxygen atoms in total. The number of nitrogens with zero attached hydrogens (tertiary/aromatic N) is 1. The number of methoxy groups -OCH3 is 1. The molecule has 6 heteroatoms. The highest BCUT2D eigenvalue weighted by Crippen LogP contribution is 2.47. The van der Waals surface area contributed by atoms with Crippen LogP contribution in [0.1, 0.15) is 36.8 Å². The minimum absolute atomic E-state index is 0.139. The quantitative estimate of drug-likeness (QED) is 0.279. The van der Waals surface area contributed by atoms with E-state index < -0.39 is 11.6 Å². The van der Waals surface area contributed by atoms with Gasteiger partial charge in [-0.2, -0.15) is 0 Å². The van der Waals surface area contributed by atoms with Crippen LogP contribution in [0.15, 0.2) is 83.3 Å². The van der Waals surface area contributed by atoms with Crippen molar-refractivity contribution in [2.45, 2.75) is 31.8 Å². The number of ether oxygens (including phenoxy) is 3. The van der Waals surface area contributed by atoms with E-state index in [-0.39, 0.29) is 6.61 Å². The van der Waals surface area contributed by atoms with E-state index in [9.17, 15) is 4.79 Å². The summed E-state index contributed by atoms with van der Waals surface area (Å²) in [6, 6.07) is 25.9. The lowest BCUT2D eigenvalue weighted by atomic mass is 9.78. The summed E-state index contributed by atoms with van der Waals surface area (Å²) in [6.07, 6.45) is 2.36. The van der Waals surface area contributed by atoms with Gasteiger partial charge in [-0.05, 0) is 37.8 Å². The standard InChI is InChI=1S/C30H29NO5/c1-3-34-26(32)20-35-25-18-10-17-24-23(25)16-11-19-30(24,33-2)29-31-27(21-12-6-4-7-13-21)28(36-29)22-14-8-5-9-15-22/h4-10,12-15,17-18H,3,11,16,19-20H2,1-2H3/t30-/m0/s1. The SMILES string of the molecule is CCOC(=O)COc1cccc2c1CCC[C@@]2(OC)c1nc(-c2ccccc2)c(-c2ccccc2)o1. The number of rotatable bonds is 8. The molecule has 1 aliphatic rings. The fourth-order valence-electron chi connectivity index (χ4n) is 4.92. The zero-order chi connectivity index (χ0) is 25.0. The molecule has 0 bridgehead atoms. The van der Waals surface area contributed by atoms with Gasteiger partial charge in [0.05, 0.1) is 6.61 Å². The molecule has 0 unspecified atom stereocenters. The second kappa shape index (κ2) is 10.4. The molecule has 1 aromatic heterocycles. The fraction of sp³-hybridized carbons (Fsp3) is 0.267. The van der Waals surface area contributed by atoms with Crippen LogP contribution < -0.4 is 4.74 Å². The van der Waals surface area contributed by atoms with Gasteiger partial charge in [0.1, 0.15) is 11.4 Å². The Balaban J connectivity index is 1.61. The Kier molecular flexibility index (Phi) is 6.87. The van der Waals surface area contributed by atoms with E-state index in [2.05, 4.69) is 0 Å². The summed E-state index contributed by atoms with van der Waals surface area (Å²) >= 11 is 0. The number of hydrogen-bond acceptors (Lipinski definition) is 6. The average molecular weight is 484 g/mol. The van der Waals surface area contributed by atoms with Gasteiger partial charge in [-0.25, -0.2) is 9.78 Å². The largest absolute Gasteiger partial charge is 0.482 e. The van der Waals surface area contributed by atoms with Gasteiger partial charge in [-0.3, -0.25) is 0 Å². The Hall–Kier alpha value is -3.90. The molecule has 0 amide bonds. The van der Waals surface area contributed by atoms with Crippen LogP contribution >= 0.6 is 0 Å². The molecule has 36 heavy (non-hydrogen) atoms. The summed E-state index contributed by atoms with van der Waals surface area (Å²) in [5.74, 6) is 1.47.